The topological polar surface area (TPSA) is 8.17 Å². The Bertz CT molecular complexity index is 634. The number of nitrogens with zero attached hydrogens (tertiary/aromatic N) is 2. The van der Waals surface area contributed by atoms with Crippen LogP contribution in [-0.2, 0) is 19.4 Å². The fraction of sp³-hybridized carbons (Fsp3) is 0.579. The summed E-state index contributed by atoms with van der Waals surface area (Å²) < 4.78 is 2.60. The first-order valence-electron chi connectivity index (χ1n) is 8.22. The van der Waals surface area contributed by atoms with Crippen molar-refractivity contribution in [2.45, 2.75) is 46.1 Å². The molecular weight excluding hydrogens is 256 g/mol. The molecule has 1 aromatic carbocycles. The Labute approximate surface area is 128 Å². The molecular formula is C19H28N2. The van der Waals surface area contributed by atoms with Gasteiger partial charge in [-0.1, -0.05) is 32.0 Å². The highest BCUT2D eigenvalue weighted by atomic mass is 15.1. The fourth-order valence-corrected chi connectivity index (χ4v) is 3.74. The van der Waals surface area contributed by atoms with Gasteiger partial charge in [-0.25, -0.2) is 0 Å². The van der Waals surface area contributed by atoms with Crippen LogP contribution in [0.3, 0.4) is 0 Å². The molecule has 21 heavy (non-hydrogen) atoms. The van der Waals surface area contributed by atoms with Crippen molar-refractivity contribution in [3.63, 3.8) is 0 Å². The Balaban J connectivity index is 2.00. The van der Waals surface area contributed by atoms with Gasteiger partial charge in [-0.2, -0.15) is 0 Å². The lowest BCUT2D eigenvalue weighted by Gasteiger charge is -2.30. The number of para-hydroxylation sites is 1. The minimum atomic E-state index is 0.450. The highest BCUT2D eigenvalue weighted by Gasteiger charge is 2.29. The summed E-state index contributed by atoms with van der Waals surface area (Å²) in [7, 11) is 4.32. The summed E-state index contributed by atoms with van der Waals surface area (Å²) in [5.41, 5.74) is 5.12. The second kappa shape index (κ2) is 5.49. The van der Waals surface area contributed by atoms with E-state index in [-0.39, 0.29) is 0 Å². The second-order valence-corrected chi connectivity index (χ2v) is 7.59. The Morgan fingerprint density at radius 2 is 1.95 bits per heavy atom. The van der Waals surface area contributed by atoms with E-state index < -0.39 is 0 Å². The molecule has 0 amide bonds. The van der Waals surface area contributed by atoms with Crippen LogP contribution in [0.4, 0.5) is 0 Å². The van der Waals surface area contributed by atoms with Crippen LogP contribution in [-0.4, -0.2) is 30.1 Å². The van der Waals surface area contributed by atoms with Crippen LogP contribution in [0.2, 0.25) is 0 Å². The first-order valence-corrected chi connectivity index (χ1v) is 8.22. The van der Waals surface area contributed by atoms with E-state index in [0.717, 1.165) is 13.1 Å². The maximum Gasteiger partial charge on any atom is 0.0485 e. The van der Waals surface area contributed by atoms with Crippen molar-refractivity contribution in [3.8, 4) is 0 Å². The maximum absolute atomic E-state index is 2.60. The third-order valence-electron chi connectivity index (χ3n) is 4.88. The summed E-state index contributed by atoms with van der Waals surface area (Å²) in [6, 6.07) is 8.99. The zero-order valence-corrected chi connectivity index (χ0v) is 13.9. The Morgan fingerprint density at radius 3 is 2.71 bits per heavy atom. The minimum Gasteiger partial charge on any atom is -0.344 e. The third kappa shape index (κ3) is 2.87. The molecule has 2 heteroatoms. The van der Waals surface area contributed by atoms with Gasteiger partial charge in [-0.15, -0.1) is 0 Å². The van der Waals surface area contributed by atoms with Gasteiger partial charge in [0, 0.05) is 23.1 Å². The van der Waals surface area contributed by atoms with E-state index in [4.69, 9.17) is 0 Å². The van der Waals surface area contributed by atoms with Crippen molar-refractivity contribution < 1.29 is 0 Å². The van der Waals surface area contributed by atoms with E-state index in [1.807, 2.05) is 0 Å². The van der Waals surface area contributed by atoms with Gasteiger partial charge in [0.25, 0.3) is 0 Å². The lowest BCUT2D eigenvalue weighted by atomic mass is 9.76. The molecule has 2 aromatic rings. The molecule has 2 nitrogen and oxygen atoms in total. The van der Waals surface area contributed by atoms with Gasteiger partial charge in [0.1, 0.15) is 0 Å². The number of hydrogen-bond acceptors (Lipinski definition) is 1. The predicted molar refractivity (Wildman–Crippen MR) is 90.9 cm³/mol. The summed E-state index contributed by atoms with van der Waals surface area (Å²) in [6.07, 6.45) is 4.99. The molecule has 0 saturated carbocycles. The van der Waals surface area contributed by atoms with Crippen LogP contribution < -0.4 is 0 Å². The van der Waals surface area contributed by atoms with Crippen LogP contribution in [0.1, 0.15) is 37.9 Å². The number of rotatable bonds is 4. The summed E-state index contributed by atoms with van der Waals surface area (Å²) in [4.78, 5) is 2.28. The molecule has 0 bridgehead atoms. The quantitative estimate of drug-likeness (QED) is 0.820. The van der Waals surface area contributed by atoms with E-state index in [1.54, 1.807) is 11.3 Å². The minimum absolute atomic E-state index is 0.450. The normalized spacial score (nSPS) is 17.4. The maximum atomic E-state index is 2.60. The monoisotopic (exact) mass is 284 g/mol. The molecule has 0 saturated heterocycles. The van der Waals surface area contributed by atoms with Crippen LogP contribution in [0.5, 0.6) is 0 Å². The van der Waals surface area contributed by atoms with E-state index in [0.29, 0.717) is 5.41 Å². The standard InChI is InChI=1S/C19H28N2/c1-19(2)11-10-18-16(14-19)15-8-5-6-9-17(15)21(18)13-7-12-20(3)4/h5-6,8-9H,7,10-14H2,1-4H3. The van der Waals surface area contributed by atoms with Gasteiger partial charge in [-0.3, -0.25) is 0 Å². The summed E-state index contributed by atoms with van der Waals surface area (Å²) >= 11 is 0. The van der Waals surface area contributed by atoms with Crippen LogP contribution in [0.15, 0.2) is 24.3 Å². The van der Waals surface area contributed by atoms with E-state index >= 15 is 0 Å². The number of benzene rings is 1. The van der Waals surface area contributed by atoms with E-state index in [1.165, 1.54) is 36.6 Å². The summed E-state index contributed by atoms with van der Waals surface area (Å²) in [6.45, 7) is 7.13. The molecule has 114 valence electrons. The molecule has 0 atom stereocenters. The lowest BCUT2D eigenvalue weighted by molar-refractivity contribution is 0.310. The molecule has 3 rings (SSSR count). The Kier molecular flexibility index (Phi) is 3.83. The average Bonchev–Trinajstić information content (AvgIpc) is 2.72. The van der Waals surface area contributed by atoms with Crippen molar-refractivity contribution in [3.05, 3.63) is 35.5 Å². The molecule has 1 heterocycles. The molecule has 0 N–H and O–H groups in total. The van der Waals surface area contributed by atoms with Crippen LogP contribution >= 0.6 is 0 Å². The van der Waals surface area contributed by atoms with Crippen molar-refractivity contribution in [2.75, 3.05) is 20.6 Å². The van der Waals surface area contributed by atoms with Crippen molar-refractivity contribution in [2.24, 2.45) is 5.41 Å². The molecule has 1 aromatic heterocycles. The first-order chi connectivity index (χ1) is 9.98. The smallest absolute Gasteiger partial charge is 0.0485 e. The SMILES string of the molecule is CN(C)CCCn1c2c(c3ccccc31)CC(C)(C)CC2. The van der Waals surface area contributed by atoms with Gasteiger partial charge >= 0.3 is 0 Å². The van der Waals surface area contributed by atoms with Gasteiger partial charge in [0.15, 0.2) is 0 Å². The van der Waals surface area contributed by atoms with Crippen LogP contribution in [0, 0.1) is 5.41 Å². The molecule has 0 spiro atoms. The highest BCUT2D eigenvalue weighted by molar-refractivity contribution is 5.86. The summed E-state index contributed by atoms with van der Waals surface area (Å²) in [5, 5.41) is 1.49. The molecule has 1 aliphatic rings. The summed E-state index contributed by atoms with van der Waals surface area (Å²) in [5.74, 6) is 0. The number of fused-ring (bicyclic) bond motifs is 3. The van der Waals surface area contributed by atoms with Gasteiger partial charge in [0.05, 0.1) is 0 Å². The molecule has 0 aliphatic heterocycles. The number of aryl methyl sites for hydroxylation is 1. The molecule has 0 unspecified atom stereocenters. The fourth-order valence-electron chi connectivity index (χ4n) is 3.74. The highest BCUT2D eigenvalue weighted by Crippen LogP contribution is 2.39. The average molecular weight is 284 g/mol. The Hall–Kier alpha value is -1.28. The van der Waals surface area contributed by atoms with Gasteiger partial charge < -0.3 is 9.47 Å². The Morgan fingerprint density at radius 1 is 1.19 bits per heavy atom. The zero-order valence-electron chi connectivity index (χ0n) is 13.9. The molecule has 1 aliphatic carbocycles. The zero-order chi connectivity index (χ0) is 15.0. The van der Waals surface area contributed by atoms with E-state index in [9.17, 15) is 0 Å². The largest absolute Gasteiger partial charge is 0.344 e. The van der Waals surface area contributed by atoms with Crippen molar-refractivity contribution >= 4 is 10.9 Å². The van der Waals surface area contributed by atoms with E-state index in [2.05, 4.69) is 61.7 Å². The number of hydrogen-bond donors (Lipinski definition) is 0. The van der Waals surface area contributed by atoms with Crippen LogP contribution in [0.25, 0.3) is 10.9 Å². The van der Waals surface area contributed by atoms with Gasteiger partial charge in [0.2, 0.25) is 0 Å². The lowest BCUT2D eigenvalue weighted by Crippen LogP contribution is -2.23. The number of aromatic nitrogens is 1. The van der Waals surface area contributed by atoms with Gasteiger partial charge in [-0.05, 0) is 63.4 Å². The molecule has 0 fully saturated rings. The predicted octanol–water partition coefficient (Wildman–Crippen LogP) is 4.11. The van der Waals surface area contributed by atoms with Crippen molar-refractivity contribution in [1.82, 2.24) is 9.47 Å². The second-order valence-electron chi connectivity index (χ2n) is 7.59. The third-order valence-corrected chi connectivity index (χ3v) is 4.88. The first kappa shape index (κ1) is 14.6. The van der Waals surface area contributed by atoms with Crippen molar-refractivity contribution in [1.29, 1.82) is 0 Å². The molecule has 0 radical (unpaired) electrons.